The van der Waals surface area contributed by atoms with Crippen LogP contribution in [0.15, 0.2) is 18.2 Å². The van der Waals surface area contributed by atoms with E-state index in [0.717, 1.165) is 18.4 Å². The molecule has 4 nitrogen and oxygen atoms in total. The number of carbonyl (C=O) groups excluding carboxylic acids is 1. The van der Waals surface area contributed by atoms with Crippen molar-refractivity contribution in [1.82, 2.24) is 5.32 Å². The smallest absolute Gasteiger partial charge is 0.230 e. The van der Waals surface area contributed by atoms with Gasteiger partial charge in [0.05, 0.1) is 19.6 Å². The first-order valence-electron chi connectivity index (χ1n) is 7.52. The number of nitrogens with one attached hydrogen (secondary N) is 1. The average Bonchev–Trinajstić information content (AvgIpc) is 2.99. The fraction of sp³-hybridized carbons (Fsp3) is 0.588. The molecule has 21 heavy (non-hydrogen) atoms. The second-order valence-electron chi connectivity index (χ2n) is 6.15. The Bertz CT molecular complexity index is 505. The number of amides is 1. The van der Waals surface area contributed by atoms with Gasteiger partial charge in [0.15, 0.2) is 11.5 Å². The van der Waals surface area contributed by atoms with E-state index < -0.39 is 5.41 Å². The van der Waals surface area contributed by atoms with Crippen LogP contribution in [0.25, 0.3) is 0 Å². The quantitative estimate of drug-likeness (QED) is 0.907. The molecular formula is C17H25NO3. The van der Waals surface area contributed by atoms with Gasteiger partial charge < -0.3 is 14.8 Å². The van der Waals surface area contributed by atoms with E-state index in [1.165, 1.54) is 12.8 Å². The average molecular weight is 291 g/mol. The van der Waals surface area contributed by atoms with E-state index in [4.69, 9.17) is 9.47 Å². The van der Waals surface area contributed by atoms with Crippen LogP contribution in [0.4, 0.5) is 0 Å². The van der Waals surface area contributed by atoms with Crippen LogP contribution in [0.3, 0.4) is 0 Å². The number of carbonyl (C=O) groups is 1. The Hall–Kier alpha value is -1.71. The summed E-state index contributed by atoms with van der Waals surface area (Å²) >= 11 is 0. The molecular weight excluding hydrogens is 266 g/mol. The van der Waals surface area contributed by atoms with Crippen molar-refractivity contribution in [2.45, 2.75) is 51.0 Å². The normalized spacial score (nSPS) is 15.8. The molecule has 1 fully saturated rings. The monoisotopic (exact) mass is 291 g/mol. The minimum Gasteiger partial charge on any atom is -0.493 e. The molecule has 1 saturated carbocycles. The highest BCUT2D eigenvalue weighted by molar-refractivity contribution is 5.87. The van der Waals surface area contributed by atoms with Crippen molar-refractivity contribution >= 4 is 5.91 Å². The highest BCUT2D eigenvalue weighted by atomic mass is 16.5. The third-order valence-corrected chi connectivity index (χ3v) is 4.36. The zero-order valence-corrected chi connectivity index (χ0v) is 13.4. The fourth-order valence-electron chi connectivity index (χ4n) is 2.79. The van der Waals surface area contributed by atoms with Crippen molar-refractivity contribution in [3.63, 3.8) is 0 Å². The van der Waals surface area contributed by atoms with Gasteiger partial charge in [-0.1, -0.05) is 18.9 Å². The fourth-order valence-corrected chi connectivity index (χ4v) is 2.79. The Labute approximate surface area is 126 Å². The first kappa shape index (κ1) is 15.7. The lowest BCUT2D eigenvalue weighted by Crippen LogP contribution is -2.44. The summed E-state index contributed by atoms with van der Waals surface area (Å²) in [7, 11) is 3.21. The molecule has 0 aliphatic heterocycles. The molecule has 1 amide bonds. The van der Waals surface area contributed by atoms with E-state index in [0.29, 0.717) is 17.5 Å². The summed E-state index contributed by atoms with van der Waals surface area (Å²) in [5, 5.41) is 3.17. The van der Waals surface area contributed by atoms with Crippen LogP contribution in [-0.4, -0.2) is 26.2 Å². The van der Waals surface area contributed by atoms with Gasteiger partial charge in [-0.05, 0) is 44.4 Å². The molecule has 1 aliphatic rings. The summed E-state index contributed by atoms with van der Waals surface area (Å²) in [4.78, 5) is 12.6. The molecule has 0 atom stereocenters. The van der Waals surface area contributed by atoms with Gasteiger partial charge in [0.25, 0.3) is 0 Å². The summed E-state index contributed by atoms with van der Waals surface area (Å²) in [6.07, 6.45) is 4.60. The van der Waals surface area contributed by atoms with E-state index in [-0.39, 0.29) is 5.91 Å². The number of benzene rings is 1. The van der Waals surface area contributed by atoms with Crippen LogP contribution < -0.4 is 14.8 Å². The SMILES string of the molecule is COc1ccc(C(C)(C)C(=O)NC2CCCC2)cc1OC. The Morgan fingerprint density at radius 3 is 2.33 bits per heavy atom. The molecule has 0 bridgehead atoms. The Morgan fingerprint density at radius 2 is 1.76 bits per heavy atom. The summed E-state index contributed by atoms with van der Waals surface area (Å²) in [5.41, 5.74) is 0.331. The van der Waals surface area contributed by atoms with Crippen molar-refractivity contribution in [1.29, 1.82) is 0 Å². The molecule has 4 heteroatoms. The summed E-state index contributed by atoms with van der Waals surface area (Å²) in [6, 6.07) is 5.98. The first-order chi connectivity index (χ1) is 9.98. The second-order valence-corrected chi connectivity index (χ2v) is 6.15. The van der Waals surface area contributed by atoms with Crippen LogP contribution in [0, 0.1) is 0 Å². The van der Waals surface area contributed by atoms with Crippen molar-refractivity contribution in [2.24, 2.45) is 0 Å². The largest absolute Gasteiger partial charge is 0.493 e. The van der Waals surface area contributed by atoms with Crippen LogP contribution in [0.1, 0.15) is 45.1 Å². The second kappa shape index (κ2) is 6.37. The summed E-state index contributed by atoms with van der Waals surface area (Å²) < 4.78 is 10.6. The van der Waals surface area contributed by atoms with Crippen LogP contribution >= 0.6 is 0 Å². The summed E-state index contributed by atoms with van der Waals surface area (Å²) in [5.74, 6) is 1.40. The van der Waals surface area contributed by atoms with Gasteiger partial charge in [0.2, 0.25) is 5.91 Å². The third-order valence-electron chi connectivity index (χ3n) is 4.36. The lowest BCUT2D eigenvalue weighted by atomic mass is 9.83. The van der Waals surface area contributed by atoms with Gasteiger partial charge in [-0.2, -0.15) is 0 Å². The molecule has 116 valence electrons. The van der Waals surface area contributed by atoms with Crippen molar-refractivity contribution in [3.05, 3.63) is 23.8 Å². The molecule has 0 heterocycles. The van der Waals surface area contributed by atoms with Crippen LogP contribution in [-0.2, 0) is 10.2 Å². The van der Waals surface area contributed by atoms with Gasteiger partial charge in [-0.3, -0.25) is 4.79 Å². The number of rotatable bonds is 5. The highest BCUT2D eigenvalue weighted by Gasteiger charge is 2.32. The summed E-state index contributed by atoms with van der Waals surface area (Å²) in [6.45, 7) is 3.89. The van der Waals surface area contributed by atoms with E-state index in [2.05, 4.69) is 5.32 Å². The Morgan fingerprint density at radius 1 is 1.14 bits per heavy atom. The lowest BCUT2D eigenvalue weighted by molar-refractivity contribution is -0.126. The molecule has 0 spiro atoms. The number of methoxy groups -OCH3 is 2. The Kier molecular flexibility index (Phi) is 4.76. The van der Waals surface area contributed by atoms with Crippen LogP contribution in [0.5, 0.6) is 11.5 Å². The maximum absolute atomic E-state index is 12.6. The molecule has 1 aliphatic carbocycles. The number of hydrogen-bond acceptors (Lipinski definition) is 3. The van der Waals surface area contributed by atoms with Crippen molar-refractivity contribution in [2.75, 3.05) is 14.2 Å². The van der Waals surface area contributed by atoms with E-state index in [1.807, 2.05) is 32.0 Å². The van der Waals surface area contributed by atoms with Gasteiger partial charge in [0.1, 0.15) is 0 Å². The topological polar surface area (TPSA) is 47.6 Å². The zero-order valence-electron chi connectivity index (χ0n) is 13.4. The first-order valence-corrected chi connectivity index (χ1v) is 7.52. The molecule has 1 aromatic carbocycles. The maximum atomic E-state index is 12.6. The zero-order chi connectivity index (χ0) is 15.5. The maximum Gasteiger partial charge on any atom is 0.230 e. The molecule has 0 saturated heterocycles. The van der Waals surface area contributed by atoms with Crippen LogP contribution in [0.2, 0.25) is 0 Å². The molecule has 1 aromatic rings. The molecule has 0 aromatic heterocycles. The van der Waals surface area contributed by atoms with Crippen molar-refractivity contribution < 1.29 is 14.3 Å². The van der Waals surface area contributed by atoms with E-state index >= 15 is 0 Å². The molecule has 1 N–H and O–H groups in total. The minimum atomic E-state index is -0.595. The molecule has 0 unspecified atom stereocenters. The van der Waals surface area contributed by atoms with Gasteiger partial charge >= 0.3 is 0 Å². The molecule has 0 radical (unpaired) electrons. The van der Waals surface area contributed by atoms with E-state index in [1.54, 1.807) is 14.2 Å². The van der Waals surface area contributed by atoms with Gasteiger partial charge in [-0.25, -0.2) is 0 Å². The highest BCUT2D eigenvalue weighted by Crippen LogP contribution is 2.33. The van der Waals surface area contributed by atoms with Crippen molar-refractivity contribution in [3.8, 4) is 11.5 Å². The third kappa shape index (κ3) is 3.31. The Balaban J connectivity index is 2.19. The number of hydrogen-bond donors (Lipinski definition) is 1. The van der Waals surface area contributed by atoms with Gasteiger partial charge in [0, 0.05) is 6.04 Å². The minimum absolute atomic E-state index is 0.0709. The van der Waals surface area contributed by atoms with Gasteiger partial charge in [-0.15, -0.1) is 0 Å². The predicted octanol–water partition coefficient (Wildman–Crippen LogP) is 3.04. The van der Waals surface area contributed by atoms with E-state index in [9.17, 15) is 4.79 Å². The molecule has 2 rings (SSSR count). The lowest BCUT2D eigenvalue weighted by Gasteiger charge is -2.27. The standard InChI is InChI=1S/C17H25NO3/c1-17(2,16(19)18-13-7-5-6-8-13)12-9-10-14(20-3)15(11-12)21-4/h9-11,13H,5-8H2,1-4H3,(H,18,19). The predicted molar refractivity (Wildman–Crippen MR) is 83.0 cm³/mol. The number of ether oxygens (including phenoxy) is 2.